The van der Waals surface area contributed by atoms with Gasteiger partial charge in [0.15, 0.2) is 0 Å². The average molecular weight is 358 g/mol. The molecule has 1 heterocycles. The van der Waals surface area contributed by atoms with E-state index in [-0.39, 0.29) is 24.3 Å². The molecule has 0 spiro atoms. The van der Waals surface area contributed by atoms with Crippen molar-refractivity contribution in [3.8, 4) is 5.75 Å². The van der Waals surface area contributed by atoms with Crippen LogP contribution in [0.5, 0.6) is 5.75 Å². The highest BCUT2D eigenvalue weighted by Crippen LogP contribution is 2.28. The Labute approximate surface area is 156 Å². The number of carbonyl (C=O) groups is 2. The zero-order valence-electron chi connectivity index (χ0n) is 15.7. The molecule has 2 fully saturated rings. The quantitative estimate of drug-likeness (QED) is 0.777. The molecule has 1 saturated carbocycles. The van der Waals surface area contributed by atoms with Gasteiger partial charge in [0, 0.05) is 19.0 Å². The summed E-state index contributed by atoms with van der Waals surface area (Å²) in [5, 5.41) is 2.77. The Hall–Kier alpha value is -2.04. The van der Waals surface area contributed by atoms with Crippen LogP contribution in [0.25, 0.3) is 0 Å². The third-order valence-corrected chi connectivity index (χ3v) is 5.40. The van der Waals surface area contributed by atoms with Crippen molar-refractivity contribution < 1.29 is 14.3 Å². The number of rotatable bonds is 8. The van der Waals surface area contributed by atoms with Crippen molar-refractivity contribution in [1.29, 1.82) is 0 Å². The molecule has 1 N–H and O–H groups in total. The van der Waals surface area contributed by atoms with Crippen LogP contribution in [0.15, 0.2) is 24.3 Å². The van der Waals surface area contributed by atoms with Crippen LogP contribution in [0.3, 0.4) is 0 Å². The van der Waals surface area contributed by atoms with Gasteiger partial charge in [-0.15, -0.1) is 0 Å². The van der Waals surface area contributed by atoms with Crippen LogP contribution in [-0.4, -0.2) is 43.0 Å². The van der Waals surface area contributed by atoms with Crippen molar-refractivity contribution in [3.05, 3.63) is 29.8 Å². The zero-order valence-corrected chi connectivity index (χ0v) is 15.7. The molecule has 1 aromatic rings. The molecule has 5 heteroatoms. The van der Waals surface area contributed by atoms with E-state index in [2.05, 4.69) is 17.4 Å². The molecule has 5 nitrogen and oxygen atoms in total. The van der Waals surface area contributed by atoms with Crippen molar-refractivity contribution in [1.82, 2.24) is 10.2 Å². The molecule has 0 radical (unpaired) electrons. The third kappa shape index (κ3) is 5.48. The first-order valence-corrected chi connectivity index (χ1v) is 9.93. The highest BCUT2D eigenvalue weighted by Gasteiger charge is 2.30. The number of hydrogen-bond donors (Lipinski definition) is 1. The lowest BCUT2D eigenvalue weighted by Gasteiger charge is -2.32. The summed E-state index contributed by atoms with van der Waals surface area (Å²) in [7, 11) is 0. The normalized spacial score (nSPS) is 17.8. The predicted octanol–water partition coefficient (Wildman–Crippen LogP) is 2.78. The number of nitrogens with zero attached hydrogens (tertiary/aromatic N) is 1. The fourth-order valence-electron chi connectivity index (χ4n) is 3.53. The Bertz CT molecular complexity index is 602. The number of hydrogen-bond acceptors (Lipinski definition) is 3. The van der Waals surface area contributed by atoms with Crippen molar-refractivity contribution in [2.24, 2.45) is 11.8 Å². The summed E-state index contributed by atoms with van der Waals surface area (Å²) < 4.78 is 5.48. The summed E-state index contributed by atoms with van der Waals surface area (Å²) in [6.07, 6.45) is 6.29. The summed E-state index contributed by atoms with van der Waals surface area (Å²) in [6, 6.07) is 8.37. The van der Waals surface area contributed by atoms with Gasteiger partial charge in [-0.05, 0) is 69.1 Å². The SMILES string of the molecule is CCOc1ccc(CCC2CCN(C(=O)CNC(=O)C3CC3)CC2)cc1. The van der Waals surface area contributed by atoms with E-state index < -0.39 is 0 Å². The molecule has 142 valence electrons. The molecule has 1 aromatic carbocycles. The number of aryl methyl sites for hydroxylation is 1. The largest absolute Gasteiger partial charge is 0.494 e. The zero-order chi connectivity index (χ0) is 18.4. The van der Waals surface area contributed by atoms with Crippen LogP contribution in [0.2, 0.25) is 0 Å². The van der Waals surface area contributed by atoms with E-state index in [1.807, 2.05) is 24.0 Å². The summed E-state index contributed by atoms with van der Waals surface area (Å²) in [4.78, 5) is 25.8. The lowest BCUT2D eigenvalue weighted by atomic mass is 9.90. The summed E-state index contributed by atoms with van der Waals surface area (Å²) in [6.45, 7) is 4.47. The van der Waals surface area contributed by atoms with Gasteiger partial charge in [-0.3, -0.25) is 9.59 Å². The van der Waals surface area contributed by atoms with Gasteiger partial charge in [-0.1, -0.05) is 12.1 Å². The van der Waals surface area contributed by atoms with Crippen LogP contribution < -0.4 is 10.1 Å². The minimum atomic E-state index is 0.0450. The van der Waals surface area contributed by atoms with Crippen LogP contribution in [0.1, 0.15) is 44.6 Å². The van der Waals surface area contributed by atoms with Gasteiger partial charge in [0.05, 0.1) is 13.2 Å². The molecule has 1 aliphatic carbocycles. The van der Waals surface area contributed by atoms with E-state index >= 15 is 0 Å². The minimum absolute atomic E-state index is 0.0450. The van der Waals surface area contributed by atoms with Crippen LogP contribution >= 0.6 is 0 Å². The fraction of sp³-hybridized carbons (Fsp3) is 0.619. The maximum absolute atomic E-state index is 12.2. The average Bonchev–Trinajstić information content (AvgIpc) is 3.51. The van der Waals surface area contributed by atoms with Gasteiger partial charge in [-0.25, -0.2) is 0 Å². The Morgan fingerprint density at radius 1 is 1.12 bits per heavy atom. The number of carbonyl (C=O) groups excluding carboxylic acids is 2. The summed E-state index contributed by atoms with van der Waals surface area (Å²) in [5.41, 5.74) is 1.34. The maximum Gasteiger partial charge on any atom is 0.241 e. The van der Waals surface area contributed by atoms with E-state index in [0.717, 1.165) is 57.4 Å². The van der Waals surface area contributed by atoms with Crippen LogP contribution in [-0.2, 0) is 16.0 Å². The number of piperidine rings is 1. The molecule has 2 amide bonds. The van der Waals surface area contributed by atoms with Gasteiger partial charge in [-0.2, -0.15) is 0 Å². The molecule has 1 saturated heterocycles. The predicted molar refractivity (Wildman–Crippen MR) is 101 cm³/mol. The second-order valence-electron chi connectivity index (χ2n) is 7.43. The molecule has 3 rings (SSSR count). The first kappa shape index (κ1) is 18.7. The number of nitrogens with one attached hydrogen (secondary N) is 1. The number of likely N-dealkylation sites (tertiary alicyclic amines) is 1. The summed E-state index contributed by atoms with van der Waals surface area (Å²) in [5.74, 6) is 1.87. The van der Waals surface area contributed by atoms with E-state index in [9.17, 15) is 9.59 Å². The summed E-state index contributed by atoms with van der Waals surface area (Å²) >= 11 is 0. The molecule has 26 heavy (non-hydrogen) atoms. The Morgan fingerprint density at radius 3 is 2.42 bits per heavy atom. The van der Waals surface area contributed by atoms with Crippen LogP contribution in [0.4, 0.5) is 0 Å². The van der Waals surface area contributed by atoms with Gasteiger partial charge in [0.25, 0.3) is 0 Å². The van der Waals surface area contributed by atoms with E-state index in [4.69, 9.17) is 4.74 Å². The van der Waals surface area contributed by atoms with Crippen molar-refractivity contribution >= 4 is 11.8 Å². The first-order chi connectivity index (χ1) is 12.7. The number of ether oxygens (including phenoxy) is 1. The monoisotopic (exact) mass is 358 g/mol. The fourth-order valence-corrected chi connectivity index (χ4v) is 3.53. The van der Waals surface area contributed by atoms with Gasteiger partial charge in [0.1, 0.15) is 5.75 Å². The third-order valence-electron chi connectivity index (χ3n) is 5.40. The molecule has 0 bridgehead atoms. The van der Waals surface area contributed by atoms with Gasteiger partial charge in [0.2, 0.25) is 11.8 Å². The molecule has 1 aliphatic heterocycles. The molecule has 0 aromatic heterocycles. The van der Waals surface area contributed by atoms with Crippen molar-refractivity contribution in [2.75, 3.05) is 26.2 Å². The van der Waals surface area contributed by atoms with E-state index in [0.29, 0.717) is 12.5 Å². The highest BCUT2D eigenvalue weighted by atomic mass is 16.5. The second-order valence-corrected chi connectivity index (χ2v) is 7.43. The molecule has 2 aliphatic rings. The maximum atomic E-state index is 12.2. The Kier molecular flexibility index (Phi) is 6.53. The molecular weight excluding hydrogens is 328 g/mol. The second kappa shape index (κ2) is 9.06. The van der Waals surface area contributed by atoms with Crippen molar-refractivity contribution in [3.63, 3.8) is 0 Å². The molecule has 0 unspecified atom stereocenters. The lowest BCUT2D eigenvalue weighted by Crippen LogP contribution is -2.44. The molecule has 0 atom stereocenters. The number of benzene rings is 1. The van der Waals surface area contributed by atoms with Gasteiger partial charge < -0.3 is 15.0 Å². The topological polar surface area (TPSA) is 58.6 Å². The standard InChI is InChI=1S/C21H30N2O3/c1-2-26-19-9-5-16(6-10-19)3-4-17-11-13-23(14-12-17)20(24)15-22-21(25)18-7-8-18/h5-6,9-10,17-18H,2-4,7-8,11-15H2,1H3,(H,22,25). The smallest absolute Gasteiger partial charge is 0.241 e. The van der Waals surface area contributed by atoms with E-state index in [1.165, 1.54) is 5.56 Å². The minimum Gasteiger partial charge on any atom is -0.494 e. The van der Waals surface area contributed by atoms with E-state index in [1.54, 1.807) is 0 Å². The Balaban J connectivity index is 1.34. The first-order valence-electron chi connectivity index (χ1n) is 9.93. The Morgan fingerprint density at radius 2 is 1.81 bits per heavy atom. The number of amides is 2. The van der Waals surface area contributed by atoms with Crippen molar-refractivity contribution in [2.45, 2.75) is 45.4 Å². The molecular formula is C21H30N2O3. The lowest BCUT2D eigenvalue weighted by molar-refractivity contribution is -0.134. The highest BCUT2D eigenvalue weighted by molar-refractivity contribution is 5.86. The van der Waals surface area contributed by atoms with Crippen LogP contribution in [0, 0.1) is 11.8 Å². The van der Waals surface area contributed by atoms with Gasteiger partial charge >= 0.3 is 0 Å².